The molecule has 0 aromatic carbocycles. The summed E-state index contributed by atoms with van der Waals surface area (Å²) >= 11 is 0. The van der Waals surface area contributed by atoms with Crippen molar-refractivity contribution >= 4 is 5.97 Å². The Kier molecular flexibility index (Phi) is 6.32. The standard InChI is InChI=1S/C8H14O4/c1-3-11-8(12-4-2)6-5-7(9)10/h5-6,8H,3-4H2,1-2H3,(H,9,10). The molecule has 4 nitrogen and oxygen atoms in total. The maximum Gasteiger partial charge on any atom is 0.328 e. The number of rotatable bonds is 6. The van der Waals surface area contributed by atoms with E-state index in [1.165, 1.54) is 6.08 Å². The van der Waals surface area contributed by atoms with Gasteiger partial charge in [-0.2, -0.15) is 0 Å². The highest BCUT2D eigenvalue weighted by atomic mass is 16.7. The zero-order valence-corrected chi connectivity index (χ0v) is 7.32. The lowest BCUT2D eigenvalue weighted by atomic mass is 10.5. The van der Waals surface area contributed by atoms with Crippen LogP contribution < -0.4 is 0 Å². The summed E-state index contributed by atoms with van der Waals surface area (Å²) in [5.41, 5.74) is 0. The van der Waals surface area contributed by atoms with E-state index in [1.807, 2.05) is 13.8 Å². The van der Waals surface area contributed by atoms with Gasteiger partial charge in [-0.15, -0.1) is 0 Å². The van der Waals surface area contributed by atoms with Crippen LogP contribution in [0.4, 0.5) is 0 Å². The molecule has 0 atom stereocenters. The van der Waals surface area contributed by atoms with E-state index < -0.39 is 12.3 Å². The minimum Gasteiger partial charge on any atom is -0.478 e. The molecular formula is C8H14O4. The molecule has 0 aliphatic heterocycles. The maximum atomic E-state index is 10.1. The van der Waals surface area contributed by atoms with Gasteiger partial charge in [-0.05, 0) is 19.9 Å². The molecule has 0 saturated carbocycles. The first kappa shape index (κ1) is 11.1. The number of carboxylic acid groups (broad SMARTS) is 1. The fourth-order valence-electron chi connectivity index (χ4n) is 0.649. The van der Waals surface area contributed by atoms with Crippen LogP contribution in [0.5, 0.6) is 0 Å². The second-order valence-corrected chi connectivity index (χ2v) is 1.98. The predicted molar refractivity (Wildman–Crippen MR) is 43.8 cm³/mol. The molecule has 12 heavy (non-hydrogen) atoms. The van der Waals surface area contributed by atoms with Crippen LogP contribution in [0.2, 0.25) is 0 Å². The van der Waals surface area contributed by atoms with E-state index in [4.69, 9.17) is 14.6 Å². The van der Waals surface area contributed by atoms with Crippen molar-refractivity contribution in [3.63, 3.8) is 0 Å². The van der Waals surface area contributed by atoms with E-state index in [-0.39, 0.29) is 0 Å². The van der Waals surface area contributed by atoms with Crippen LogP contribution >= 0.6 is 0 Å². The zero-order valence-electron chi connectivity index (χ0n) is 7.32. The highest BCUT2D eigenvalue weighted by Gasteiger charge is 2.02. The van der Waals surface area contributed by atoms with E-state index in [0.717, 1.165) is 6.08 Å². The third-order valence-electron chi connectivity index (χ3n) is 1.06. The molecule has 0 aromatic heterocycles. The number of carbonyl (C=O) groups is 1. The van der Waals surface area contributed by atoms with Crippen molar-refractivity contribution in [2.75, 3.05) is 13.2 Å². The zero-order chi connectivity index (χ0) is 9.40. The van der Waals surface area contributed by atoms with Crippen molar-refractivity contribution in [2.45, 2.75) is 20.1 Å². The molecule has 0 heterocycles. The van der Waals surface area contributed by atoms with Crippen LogP contribution in [-0.2, 0) is 14.3 Å². The van der Waals surface area contributed by atoms with Gasteiger partial charge in [0.05, 0.1) is 0 Å². The van der Waals surface area contributed by atoms with E-state index in [9.17, 15) is 4.79 Å². The molecule has 0 aliphatic carbocycles. The quantitative estimate of drug-likeness (QED) is 0.482. The molecule has 0 saturated heterocycles. The second-order valence-electron chi connectivity index (χ2n) is 1.98. The largest absolute Gasteiger partial charge is 0.478 e. The van der Waals surface area contributed by atoms with Crippen molar-refractivity contribution in [3.05, 3.63) is 12.2 Å². The molecule has 1 N–H and O–H groups in total. The fourth-order valence-corrected chi connectivity index (χ4v) is 0.649. The Bertz CT molecular complexity index is 147. The summed E-state index contributed by atoms with van der Waals surface area (Å²) in [4.78, 5) is 10.1. The van der Waals surface area contributed by atoms with Gasteiger partial charge in [0.25, 0.3) is 0 Å². The van der Waals surface area contributed by atoms with E-state index >= 15 is 0 Å². The normalized spacial score (nSPS) is 11.2. The third-order valence-corrected chi connectivity index (χ3v) is 1.06. The Morgan fingerprint density at radius 3 is 2.25 bits per heavy atom. The summed E-state index contributed by atoms with van der Waals surface area (Å²) in [5, 5.41) is 8.30. The first-order valence-electron chi connectivity index (χ1n) is 3.85. The lowest BCUT2D eigenvalue weighted by Gasteiger charge is -2.11. The monoisotopic (exact) mass is 174 g/mol. The van der Waals surface area contributed by atoms with Crippen molar-refractivity contribution in [1.82, 2.24) is 0 Å². The Morgan fingerprint density at radius 2 is 1.92 bits per heavy atom. The Morgan fingerprint density at radius 1 is 1.42 bits per heavy atom. The summed E-state index contributed by atoms with van der Waals surface area (Å²) in [5.74, 6) is -1.00. The topological polar surface area (TPSA) is 55.8 Å². The summed E-state index contributed by atoms with van der Waals surface area (Å²) in [6.07, 6.45) is 1.83. The van der Waals surface area contributed by atoms with Crippen LogP contribution in [0, 0.1) is 0 Å². The number of carboxylic acids is 1. The molecule has 0 spiro atoms. The lowest BCUT2D eigenvalue weighted by Crippen LogP contribution is -2.14. The first-order chi connectivity index (χ1) is 5.70. The first-order valence-corrected chi connectivity index (χ1v) is 3.85. The van der Waals surface area contributed by atoms with Crippen molar-refractivity contribution in [1.29, 1.82) is 0 Å². The molecule has 0 unspecified atom stereocenters. The Balaban J connectivity index is 3.84. The average molecular weight is 174 g/mol. The van der Waals surface area contributed by atoms with Gasteiger partial charge in [0.15, 0.2) is 6.29 Å². The highest BCUT2D eigenvalue weighted by molar-refractivity contribution is 5.79. The van der Waals surface area contributed by atoms with Crippen molar-refractivity contribution < 1.29 is 19.4 Å². The molecular weight excluding hydrogens is 160 g/mol. The summed E-state index contributed by atoms with van der Waals surface area (Å²) in [7, 11) is 0. The molecule has 0 aliphatic rings. The van der Waals surface area contributed by atoms with Gasteiger partial charge in [0.1, 0.15) is 0 Å². The van der Waals surface area contributed by atoms with Gasteiger partial charge in [-0.1, -0.05) is 0 Å². The average Bonchev–Trinajstić information content (AvgIpc) is 2.01. The number of ether oxygens (including phenoxy) is 2. The molecule has 0 amide bonds. The second kappa shape index (κ2) is 6.82. The van der Waals surface area contributed by atoms with Crippen LogP contribution in [0.25, 0.3) is 0 Å². The number of hydrogen-bond donors (Lipinski definition) is 1. The van der Waals surface area contributed by atoms with E-state index in [2.05, 4.69) is 0 Å². The number of hydrogen-bond acceptors (Lipinski definition) is 3. The third kappa shape index (κ3) is 5.88. The van der Waals surface area contributed by atoms with Crippen LogP contribution in [-0.4, -0.2) is 30.6 Å². The minimum atomic E-state index is -1.00. The highest BCUT2D eigenvalue weighted by Crippen LogP contribution is 1.96. The summed E-state index contributed by atoms with van der Waals surface area (Å²) in [6.45, 7) is 4.63. The maximum absolute atomic E-state index is 10.1. The lowest BCUT2D eigenvalue weighted by molar-refractivity contribution is -0.132. The van der Waals surface area contributed by atoms with E-state index in [0.29, 0.717) is 13.2 Å². The number of aliphatic carboxylic acids is 1. The van der Waals surface area contributed by atoms with E-state index in [1.54, 1.807) is 0 Å². The van der Waals surface area contributed by atoms with Crippen LogP contribution in [0.3, 0.4) is 0 Å². The van der Waals surface area contributed by atoms with Gasteiger partial charge in [0.2, 0.25) is 0 Å². The SMILES string of the molecule is CCOC(C=CC(=O)O)OCC. The van der Waals surface area contributed by atoms with Crippen LogP contribution in [0.1, 0.15) is 13.8 Å². The Labute approximate surface area is 71.8 Å². The molecule has 0 radical (unpaired) electrons. The molecule has 0 rings (SSSR count). The molecule has 4 heteroatoms. The molecule has 0 bridgehead atoms. The fraction of sp³-hybridized carbons (Fsp3) is 0.625. The van der Waals surface area contributed by atoms with Crippen LogP contribution in [0.15, 0.2) is 12.2 Å². The van der Waals surface area contributed by atoms with Crippen molar-refractivity contribution in [2.24, 2.45) is 0 Å². The van der Waals surface area contributed by atoms with Gasteiger partial charge in [-0.25, -0.2) is 4.79 Å². The summed E-state index contributed by atoms with van der Waals surface area (Å²) in [6, 6.07) is 0. The Hall–Kier alpha value is -0.870. The van der Waals surface area contributed by atoms with Crippen molar-refractivity contribution in [3.8, 4) is 0 Å². The molecule has 70 valence electrons. The van der Waals surface area contributed by atoms with Gasteiger partial charge < -0.3 is 14.6 Å². The minimum absolute atomic E-state index is 0.495. The molecule has 0 fully saturated rings. The summed E-state index contributed by atoms with van der Waals surface area (Å²) < 4.78 is 10.1. The van der Waals surface area contributed by atoms with Gasteiger partial charge >= 0.3 is 5.97 Å². The van der Waals surface area contributed by atoms with Gasteiger partial charge in [-0.3, -0.25) is 0 Å². The van der Waals surface area contributed by atoms with Gasteiger partial charge in [0, 0.05) is 19.3 Å². The smallest absolute Gasteiger partial charge is 0.328 e. The predicted octanol–water partition coefficient (Wildman–Crippen LogP) is 1.03. The molecule has 0 aromatic rings.